The minimum Gasteiger partial charge on any atom is -0.379 e. The first kappa shape index (κ1) is 14.1. The highest BCUT2D eigenvalue weighted by atomic mass is 16.5. The second-order valence-electron chi connectivity index (χ2n) is 5.33. The molecule has 0 fully saturated rings. The van der Waals surface area contributed by atoms with Crippen molar-refractivity contribution in [2.75, 3.05) is 13.2 Å². The number of aromatic amines is 1. The Morgan fingerprint density at radius 3 is 3.26 bits per heavy atom. The SMILES string of the molecule is CC(C)OCCCNC(=O)[C@@H]1CCc2nc[nH]c2C1. The summed E-state index contributed by atoms with van der Waals surface area (Å²) in [5.41, 5.74) is 2.24. The van der Waals surface area contributed by atoms with Crippen LogP contribution in [0.5, 0.6) is 0 Å². The number of hydrogen-bond donors (Lipinski definition) is 2. The van der Waals surface area contributed by atoms with Crippen molar-refractivity contribution in [2.24, 2.45) is 5.92 Å². The molecule has 1 aliphatic rings. The summed E-state index contributed by atoms with van der Waals surface area (Å²) in [6.07, 6.45) is 5.41. The Kier molecular flexibility index (Phi) is 4.96. The van der Waals surface area contributed by atoms with E-state index < -0.39 is 0 Å². The molecule has 1 amide bonds. The van der Waals surface area contributed by atoms with Crippen molar-refractivity contribution >= 4 is 5.91 Å². The predicted molar refractivity (Wildman–Crippen MR) is 72.8 cm³/mol. The molecule has 1 heterocycles. The Hall–Kier alpha value is -1.36. The van der Waals surface area contributed by atoms with Crippen molar-refractivity contribution < 1.29 is 9.53 Å². The van der Waals surface area contributed by atoms with Crippen molar-refractivity contribution in [3.8, 4) is 0 Å². The van der Waals surface area contributed by atoms with Gasteiger partial charge in [0.25, 0.3) is 0 Å². The topological polar surface area (TPSA) is 67.0 Å². The number of carbonyl (C=O) groups excluding carboxylic acids is 1. The first-order valence-electron chi connectivity index (χ1n) is 7.07. The maximum atomic E-state index is 12.0. The summed E-state index contributed by atoms with van der Waals surface area (Å²) in [5, 5.41) is 3.00. The normalized spacial score (nSPS) is 18.4. The Morgan fingerprint density at radius 1 is 1.63 bits per heavy atom. The molecule has 0 spiro atoms. The maximum Gasteiger partial charge on any atom is 0.223 e. The average molecular weight is 265 g/mol. The summed E-state index contributed by atoms with van der Waals surface area (Å²) in [6.45, 7) is 5.43. The number of rotatable bonds is 6. The zero-order valence-corrected chi connectivity index (χ0v) is 11.7. The van der Waals surface area contributed by atoms with E-state index in [2.05, 4.69) is 15.3 Å². The third-order valence-corrected chi connectivity index (χ3v) is 3.43. The number of H-pyrrole nitrogens is 1. The molecule has 19 heavy (non-hydrogen) atoms. The van der Waals surface area contributed by atoms with Crippen LogP contribution in [0.15, 0.2) is 6.33 Å². The molecule has 5 heteroatoms. The molecule has 0 aliphatic heterocycles. The fraction of sp³-hybridized carbons (Fsp3) is 0.714. The van der Waals surface area contributed by atoms with E-state index in [0.717, 1.165) is 37.1 Å². The molecule has 1 aromatic heterocycles. The summed E-state index contributed by atoms with van der Waals surface area (Å²) in [5.74, 6) is 0.240. The number of ether oxygens (including phenoxy) is 1. The van der Waals surface area contributed by atoms with Gasteiger partial charge in [0.2, 0.25) is 5.91 Å². The number of aromatic nitrogens is 2. The van der Waals surface area contributed by atoms with Crippen LogP contribution in [0.1, 0.15) is 38.1 Å². The number of imidazole rings is 1. The number of hydrogen-bond acceptors (Lipinski definition) is 3. The summed E-state index contributed by atoms with van der Waals surface area (Å²) >= 11 is 0. The molecule has 1 aromatic rings. The van der Waals surface area contributed by atoms with Gasteiger partial charge in [0.15, 0.2) is 0 Å². The second-order valence-corrected chi connectivity index (χ2v) is 5.33. The quantitative estimate of drug-likeness (QED) is 0.765. The number of fused-ring (bicyclic) bond motifs is 1. The smallest absolute Gasteiger partial charge is 0.223 e. The van der Waals surface area contributed by atoms with E-state index in [9.17, 15) is 4.79 Å². The lowest BCUT2D eigenvalue weighted by Crippen LogP contribution is -2.35. The van der Waals surface area contributed by atoms with Crippen molar-refractivity contribution in [2.45, 2.75) is 45.6 Å². The molecule has 0 radical (unpaired) electrons. The standard InChI is InChI=1S/C14H23N3O2/c1-10(2)19-7-3-6-15-14(18)11-4-5-12-13(8-11)17-9-16-12/h9-11H,3-8H2,1-2H3,(H,15,18)(H,16,17)/t11-/m1/s1. The van der Waals surface area contributed by atoms with E-state index in [1.54, 1.807) is 6.33 Å². The first-order valence-corrected chi connectivity index (χ1v) is 7.07. The molecule has 0 saturated carbocycles. The fourth-order valence-electron chi connectivity index (χ4n) is 2.37. The highest BCUT2D eigenvalue weighted by Gasteiger charge is 2.25. The van der Waals surface area contributed by atoms with Gasteiger partial charge in [-0.05, 0) is 33.1 Å². The number of amides is 1. The van der Waals surface area contributed by atoms with Crippen molar-refractivity contribution in [3.63, 3.8) is 0 Å². The molecule has 2 rings (SSSR count). The monoisotopic (exact) mass is 265 g/mol. The lowest BCUT2D eigenvalue weighted by Gasteiger charge is -2.20. The molecular weight excluding hydrogens is 242 g/mol. The highest BCUT2D eigenvalue weighted by Crippen LogP contribution is 2.22. The molecular formula is C14H23N3O2. The fourth-order valence-corrected chi connectivity index (χ4v) is 2.37. The van der Waals surface area contributed by atoms with E-state index in [0.29, 0.717) is 13.2 Å². The Bertz CT molecular complexity index is 415. The summed E-state index contributed by atoms with van der Waals surface area (Å²) in [6, 6.07) is 0. The van der Waals surface area contributed by atoms with Gasteiger partial charge in [-0.1, -0.05) is 0 Å². The molecule has 1 atom stereocenters. The third kappa shape index (κ3) is 4.06. The van der Waals surface area contributed by atoms with Crippen LogP contribution in [-0.2, 0) is 22.4 Å². The third-order valence-electron chi connectivity index (χ3n) is 3.43. The van der Waals surface area contributed by atoms with Crippen LogP contribution in [0.4, 0.5) is 0 Å². The van der Waals surface area contributed by atoms with Crippen LogP contribution in [-0.4, -0.2) is 35.1 Å². The van der Waals surface area contributed by atoms with Gasteiger partial charge in [-0.3, -0.25) is 4.79 Å². The van der Waals surface area contributed by atoms with Crippen molar-refractivity contribution in [3.05, 3.63) is 17.7 Å². The van der Waals surface area contributed by atoms with Crippen molar-refractivity contribution in [1.29, 1.82) is 0 Å². The van der Waals surface area contributed by atoms with Crippen LogP contribution in [0.3, 0.4) is 0 Å². The van der Waals surface area contributed by atoms with E-state index in [-0.39, 0.29) is 17.9 Å². The molecule has 2 N–H and O–H groups in total. The molecule has 106 valence electrons. The molecule has 0 unspecified atom stereocenters. The maximum absolute atomic E-state index is 12.0. The summed E-state index contributed by atoms with van der Waals surface area (Å²) < 4.78 is 5.44. The molecule has 0 bridgehead atoms. The first-order chi connectivity index (χ1) is 9.16. The number of nitrogens with one attached hydrogen (secondary N) is 2. The van der Waals surface area contributed by atoms with Crippen LogP contribution >= 0.6 is 0 Å². The lowest BCUT2D eigenvalue weighted by atomic mass is 9.89. The molecule has 1 aliphatic carbocycles. The Labute approximate surface area is 114 Å². The van der Waals surface area contributed by atoms with E-state index >= 15 is 0 Å². The van der Waals surface area contributed by atoms with Gasteiger partial charge in [-0.15, -0.1) is 0 Å². The van der Waals surface area contributed by atoms with Gasteiger partial charge in [0.05, 0.1) is 18.1 Å². The Balaban J connectivity index is 1.67. The van der Waals surface area contributed by atoms with Gasteiger partial charge in [-0.2, -0.15) is 0 Å². The molecule has 0 aromatic carbocycles. The summed E-state index contributed by atoms with van der Waals surface area (Å²) in [4.78, 5) is 19.4. The van der Waals surface area contributed by atoms with Gasteiger partial charge in [0, 0.05) is 31.2 Å². The summed E-state index contributed by atoms with van der Waals surface area (Å²) in [7, 11) is 0. The van der Waals surface area contributed by atoms with Crippen LogP contribution < -0.4 is 5.32 Å². The molecule has 0 saturated heterocycles. The van der Waals surface area contributed by atoms with Crippen LogP contribution in [0.2, 0.25) is 0 Å². The highest BCUT2D eigenvalue weighted by molar-refractivity contribution is 5.79. The minimum absolute atomic E-state index is 0.0824. The van der Waals surface area contributed by atoms with Crippen LogP contribution in [0, 0.1) is 5.92 Å². The van der Waals surface area contributed by atoms with Gasteiger partial charge in [-0.25, -0.2) is 4.98 Å². The number of aryl methyl sites for hydroxylation is 1. The Morgan fingerprint density at radius 2 is 2.47 bits per heavy atom. The largest absolute Gasteiger partial charge is 0.379 e. The minimum atomic E-state index is 0.0824. The van der Waals surface area contributed by atoms with E-state index in [4.69, 9.17) is 4.74 Å². The second kappa shape index (κ2) is 6.70. The van der Waals surface area contributed by atoms with Gasteiger partial charge in [0.1, 0.15) is 0 Å². The average Bonchev–Trinajstić information content (AvgIpc) is 2.84. The molecule has 5 nitrogen and oxygen atoms in total. The van der Waals surface area contributed by atoms with Gasteiger partial charge >= 0.3 is 0 Å². The van der Waals surface area contributed by atoms with Gasteiger partial charge < -0.3 is 15.0 Å². The van der Waals surface area contributed by atoms with Crippen molar-refractivity contribution in [1.82, 2.24) is 15.3 Å². The number of carbonyl (C=O) groups is 1. The zero-order valence-electron chi connectivity index (χ0n) is 11.7. The van der Waals surface area contributed by atoms with E-state index in [1.807, 2.05) is 13.8 Å². The predicted octanol–water partition coefficient (Wildman–Crippen LogP) is 1.45. The lowest BCUT2D eigenvalue weighted by molar-refractivity contribution is -0.125. The van der Waals surface area contributed by atoms with E-state index in [1.165, 1.54) is 0 Å². The van der Waals surface area contributed by atoms with Crippen LogP contribution in [0.25, 0.3) is 0 Å². The zero-order chi connectivity index (χ0) is 13.7. The number of nitrogens with zero attached hydrogens (tertiary/aromatic N) is 1.